The van der Waals surface area contributed by atoms with Crippen LogP contribution in [0.25, 0.3) is 0 Å². The quantitative estimate of drug-likeness (QED) is 0.116. The number of hydrogen-bond donors (Lipinski definition) is 7. The van der Waals surface area contributed by atoms with Gasteiger partial charge in [-0.15, -0.1) is 0 Å². The first-order chi connectivity index (χ1) is 9.33. The van der Waals surface area contributed by atoms with Crippen LogP contribution in [0.4, 0.5) is 0 Å². The highest BCUT2D eigenvalue weighted by molar-refractivity contribution is 5.80. The minimum absolute atomic E-state index is 0.250. The van der Waals surface area contributed by atoms with Crippen molar-refractivity contribution in [3.63, 3.8) is 0 Å². The predicted molar refractivity (Wildman–Crippen MR) is 70.6 cm³/mol. The van der Waals surface area contributed by atoms with Crippen LogP contribution < -0.4 is 33.3 Å². The van der Waals surface area contributed by atoms with E-state index < -0.39 is 16.0 Å². The van der Waals surface area contributed by atoms with Gasteiger partial charge in [-0.05, 0) is 0 Å². The van der Waals surface area contributed by atoms with Gasteiger partial charge in [0.2, 0.25) is 5.96 Å². The highest BCUT2D eigenvalue weighted by Gasteiger charge is 2.08. The van der Waals surface area contributed by atoms with E-state index in [9.17, 15) is 20.2 Å². The summed E-state index contributed by atoms with van der Waals surface area (Å²) < 4.78 is 0. The molecule has 0 saturated carbocycles. The monoisotopic (exact) mass is 294 g/mol. The number of hydrazine groups is 1. The molecule has 0 aromatic carbocycles. The van der Waals surface area contributed by atoms with E-state index in [4.69, 9.17) is 16.9 Å². The van der Waals surface area contributed by atoms with Crippen LogP contribution in [0.1, 0.15) is 0 Å². The van der Waals surface area contributed by atoms with E-state index in [0.717, 1.165) is 0 Å². The van der Waals surface area contributed by atoms with Crippen LogP contribution in [0.15, 0.2) is 5.10 Å². The summed E-state index contributed by atoms with van der Waals surface area (Å²) in [6.07, 6.45) is 0. The van der Waals surface area contributed by atoms with Crippen molar-refractivity contribution in [1.82, 2.24) is 16.1 Å². The summed E-state index contributed by atoms with van der Waals surface area (Å²) >= 11 is 0. The van der Waals surface area contributed by atoms with Gasteiger partial charge in [-0.2, -0.15) is 0 Å². The smallest absolute Gasteiger partial charge is 0.268 e. The maximum atomic E-state index is 9.69. The predicted octanol–water partition coefficient (Wildman–Crippen LogP) is -3.71. The van der Waals surface area contributed by atoms with Gasteiger partial charge in [0.15, 0.2) is 10.1 Å². The van der Waals surface area contributed by atoms with Crippen molar-refractivity contribution in [3.05, 3.63) is 20.2 Å². The summed E-state index contributed by atoms with van der Waals surface area (Å²) in [4.78, 5) is 19.0. The van der Waals surface area contributed by atoms with E-state index in [1.165, 1.54) is 5.43 Å². The zero-order valence-electron chi connectivity index (χ0n) is 10.5. The molecule has 0 atom stereocenters. The lowest BCUT2D eigenvalue weighted by Gasteiger charge is -1.87. The van der Waals surface area contributed by atoms with Gasteiger partial charge in [0.25, 0.3) is 5.96 Å². The third kappa shape index (κ3) is 17.6. The number of nitro groups is 2. The Hall–Kier alpha value is -2.74. The molecule has 0 aromatic rings. The molecule has 1 heterocycles. The van der Waals surface area contributed by atoms with Crippen molar-refractivity contribution < 1.29 is 10.1 Å². The number of nitrogens with one attached hydrogen (secondary N) is 4. The highest BCUT2D eigenvalue weighted by atomic mass is 16.7. The summed E-state index contributed by atoms with van der Waals surface area (Å²) in [6, 6.07) is 0. The first kappa shape index (κ1) is 19.6. The molecule has 1 fully saturated rings. The molecule has 20 heavy (non-hydrogen) atoms. The molecule has 0 unspecified atom stereocenters. The van der Waals surface area contributed by atoms with Crippen molar-refractivity contribution in [2.75, 3.05) is 26.2 Å². The fourth-order valence-corrected chi connectivity index (χ4v) is 0.675. The van der Waals surface area contributed by atoms with E-state index in [1.54, 1.807) is 0 Å². The van der Waals surface area contributed by atoms with Crippen molar-refractivity contribution in [1.29, 1.82) is 5.41 Å². The number of hydrogen-bond acceptors (Lipinski definition) is 7. The summed E-state index contributed by atoms with van der Waals surface area (Å²) in [5.74, 6) is -0.412. The number of nitrogens with zero attached hydrogens (tertiary/aromatic N) is 3. The molecule has 0 aromatic heterocycles. The van der Waals surface area contributed by atoms with Gasteiger partial charge in [-0.1, -0.05) is 5.43 Å². The average molecular weight is 294 g/mol. The minimum atomic E-state index is -0.900. The van der Waals surface area contributed by atoms with E-state index in [2.05, 4.69) is 21.5 Å². The van der Waals surface area contributed by atoms with Gasteiger partial charge in [-0.25, -0.2) is 20.2 Å². The molecule has 116 valence electrons. The molecule has 1 aliphatic rings. The maximum Gasteiger partial charge on any atom is 0.268 e. The SMILES string of the molecule is N=C(N)N[N+](=O)[O-].NCCN.O=[N+]([O-])N=C1NCCN1. The van der Waals surface area contributed by atoms with Crippen LogP contribution in [-0.2, 0) is 0 Å². The molecule has 10 N–H and O–H groups in total. The molecule has 14 heteroatoms. The van der Waals surface area contributed by atoms with Crippen LogP contribution in [0.3, 0.4) is 0 Å². The molecule has 0 aliphatic carbocycles. The number of guanidine groups is 2. The van der Waals surface area contributed by atoms with Gasteiger partial charge in [-0.3, -0.25) is 5.41 Å². The van der Waals surface area contributed by atoms with Gasteiger partial charge >= 0.3 is 0 Å². The fraction of sp³-hybridized carbons (Fsp3) is 0.667. The lowest BCUT2D eigenvalue weighted by atomic mass is 10.7. The van der Waals surface area contributed by atoms with Crippen LogP contribution in [0, 0.1) is 25.6 Å². The third-order valence-electron chi connectivity index (χ3n) is 1.27. The Kier molecular flexibility index (Phi) is 12.5. The van der Waals surface area contributed by atoms with Crippen molar-refractivity contribution in [2.45, 2.75) is 0 Å². The largest absolute Gasteiger partial charge is 0.366 e. The minimum Gasteiger partial charge on any atom is -0.366 e. The van der Waals surface area contributed by atoms with Crippen molar-refractivity contribution in [3.8, 4) is 0 Å². The normalized spacial score (nSPS) is 11.4. The zero-order chi connectivity index (χ0) is 16.0. The Morgan fingerprint density at radius 3 is 1.95 bits per heavy atom. The van der Waals surface area contributed by atoms with Gasteiger partial charge in [0.05, 0.1) is 0 Å². The number of rotatable bonds is 3. The van der Waals surface area contributed by atoms with E-state index in [-0.39, 0.29) is 5.96 Å². The third-order valence-corrected chi connectivity index (χ3v) is 1.27. The standard InChI is InChI=1S/C3H6N4O2.C2H8N2.CH4N4O2/c8-7(9)6-3-4-1-2-5-3;3-1-2-4;2-1(3)4-5(6)7/h1-2H2,(H2,4,5,6);1-4H2;(H4,2,3,4). The Bertz CT molecular complexity index is 323. The molecule has 14 nitrogen and oxygen atoms in total. The lowest BCUT2D eigenvalue weighted by Crippen LogP contribution is -2.34. The lowest BCUT2D eigenvalue weighted by molar-refractivity contribution is -0.525. The van der Waals surface area contributed by atoms with Gasteiger partial charge in [0, 0.05) is 26.2 Å². The molecule has 1 saturated heterocycles. The first-order valence-electron chi connectivity index (χ1n) is 5.19. The maximum absolute atomic E-state index is 9.69. The van der Waals surface area contributed by atoms with Crippen molar-refractivity contribution >= 4 is 11.9 Å². The second-order valence-electron chi connectivity index (χ2n) is 2.90. The summed E-state index contributed by atoms with van der Waals surface area (Å²) in [6.45, 7) is 2.60. The van der Waals surface area contributed by atoms with Crippen LogP contribution in [0.2, 0.25) is 0 Å². The van der Waals surface area contributed by atoms with Crippen LogP contribution in [0.5, 0.6) is 0 Å². The molecular formula is C6H18N10O4. The molecule has 0 bridgehead atoms. The summed E-state index contributed by atoms with van der Waals surface area (Å²) in [5, 5.41) is 32.0. The number of nitrogens with two attached hydrogens (primary N) is 3. The molecule has 1 rings (SSSR count). The second-order valence-corrected chi connectivity index (χ2v) is 2.90. The fourth-order valence-electron chi connectivity index (χ4n) is 0.675. The number of hydrazone groups is 1. The van der Waals surface area contributed by atoms with E-state index >= 15 is 0 Å². The van der Waals surface area contributed by atoms with Gasteiger partial charge < -0.3 is 27.8 Å². The van der Waals surface area contributed by atoms with Crippen LogP contribution in [-0.4, -0.2) is 48.2 Å². The summed E-state index contributed by atoms with van der Waals surface area (Å²) in [5.41, 5.74) is 15.7. The summed E-state index contributed by atoms with van der Waals surface area (Å²) in [7, 11) is 0. The van der Waals surface area contributed by atoms with Gasteiger partial charge in [0.1, 0.15) is 5.10 Å². The molecular weight excluding hydrogens is 276 g/mol. The van der Waals surface area contributed by atoms with Crippen molar-refractivity contribution in [2.24, 2.45) is 22.3 Å². The Morgan fingerprint density at radius 2 is 1.75 bits per heavy atom. The highest BCUT2D eigenvalue weighted by Crippen LogP contribution is 1.77. The second kappa shape index (κ2) is 12.7. The topological polar surface area (TPSA) is 237 Å². The Morgan fingerprint density at radius 1 is 1.30 bits per heavy atom. The van der Waals surface area contributed by atoms with Crippen LogP contribution >= 0.6 is 0 Å². The first-order valence-corrected chi connectivity index (χ1v) is 5.19. The van der Waals surface area contributed by atoms with E-state index in [0.29, 0.717) is 26.2 Å². The Labute approximate surface area is 113 Å². The molecule has 0 radical (unpaired) electrons. The zero-order valence-corrected chi connectivity index (χ0v) is 10.5. The molecule has 0 spiro atoms. The Balaban J connectivity index is 0. The molecule has 1 aliphatic heterocycles. The average Bonchev–Trinajstić information content (AvgIpc) is 2.80. The van der Waals surface area contributed by atoms with E-state index in [1.807, 2.05) is 0 Å². The molecule has 0 amide bonds.